The van der Waals surface area contributed by atoms with E-state index in [4.69, 9.17) is 4.74 Å². The van der Waals surface area contributed by atoms with E-state index in [2.05, 4.69) is 9.97 Å². The van der Waals surface area contributed by atoms with Crippen LogP contribution in [-0.4, -0.2) is 41.8 Å². The Morgan fingerprint density at radius 1 is 1.22 bits per heavy atom. The number of sulfone groups is 1. The number of benzene rings is 1. The maximum absolute atomic E-state index is 12.9. The van der Waals surface area contributed by atoms with Crippen LogP contribution in [0.25, 0.3) is 16.7 Å². The zero-order valence-electron chi connectivity index (χ0n) is 15.0. The van der Waals surface area contributed by atoms with Crippen LogP contribution < -0.4 is 5.43 Å². The van der Waals surface area contributed by atoms with Gasteiger partial charge >= 0.3 is 5.97 Å². The van der Waals surface area contributed by atoms with Crippen molar-refractivity contribution in [1.29, 1.82) is 0 Å². The zero-order chi connectivity index (χ0) is 19.8. The summed E-state index contributed by atoms with van der Waals surface area (Å²) in [6.45, 7) is 3.35. The smallest absolute Gasteiger partial charge is 0.343 e. The Balaban J connectivity index is 2.50. The first kappa shape index (κ1) is 18.7. The highest BCUT2D eigenvalue weighted by Crippen LogP contribution is 2.21. The van der Waals surface area contributed by atoms with Gasteiger partial charge in [-0.05, 0) is 26.0 Å². The van der Waals surface area contributed by atoms with Gasteiger partial charge in [0.2, 0.25) is 20.4 Å². The molecule has 0 atom stereocenters. The van der Waals surface area contributed by atoms with Crippen LogP contribution in [0.4, 0.5) is 0 Å². The second kappa shape index (κ2) is 6.92. The van der Waals surface area contributed by atoms with E-state index in [0.717, 1.165) is 12.5 Å². The van der Waals surface area contributed by atoms with Crippen molar-refractivity contribution < 1.29 is 17.9 Å². The normalized spacial score (nSPS) is 11.5. The number of carbonyl (C=O) groups is 1. The van der Waals surface area contributed by atoms with E-state index < -0.39 is 26.4 Å². The lowest BCUT2D eigenvalue weighted by Gasteiger charge is -2.17. The highest BCUT2D eigenvalue weighted by Gasteiger charge is 2.24. The van der Waals surface area contributed by atoms with Crippen molar-refractivity contribution in [3.05, 3.63) is 58.0 Å². The summed E-state index contributed by atoms with van der Waals surface area (Å²) in [7, 11) is -3.68. The van der Waals surface area contributed by atoms with Gasteiger partial charge in [-0.3, -0.25) is 9.36 Å². The molecule has 1 aromatic carbocycles. The molecule has 0 spiro atoms. The van der Waals surface area contributed by atoms with Crippen molar-refractivity contribution in [3.8, 4) is 5.69 Å². The highest BCUT2D eigenvalue weighted by molar-refractivity contribution is 7.90. The third-order valence-corrected chi connectivity index (χ3v) is 4.81. The molecule has 3 aromatic rings. The van der Waals surface area contributed by atoms with Gasteiger partial charge in [0.25, 0.3) is 0 Å². The predicted octanol–water partition coefficient (Wildman–Crippen LogP) is 1.67. The molecule has 2 aromatic heterocycles. The van der Waals surface area contributed by atoms with E-state index in [1.807, 2.05) is 6.07 Å². The Morgan fingerprint density at radius 2 is 1.89 bits per heavy atom. The number of hydrogen-bond acceptors (Lipinski definition) is 7. The van der Waals surface area contributed by atoms with E-state index in [1.54, 1.807) is 42.7 Å². The molecule has 0 radical (unpaired) electrons. The molecule has 0 saturated carbocycles. The maximum atomic E-state index is 12.9. The van der Waals surface area contributed by atoms with Crippen LogP contribution in [0, 0.1) is 6.92 Å². The molecule has 0 N–H and O–H groups in total. The van der Waals surface area contributed by atoms with Crippen LogP contribution in [0.3, 0.4) is 0 Å². The van der Waals surface area contributed by atoms with Crippen LogP contribution in [0.1, 0.15) is 23.0 Å². The maximum Gasteiger partial charge on any atom is 0.343 e. The van der Waals surface area contributed by atoms with Crippen LogP contribution in [0.15, 0.2) is 46.5 Å². The van der Waals surface area contributed by atoms with Crippen LogP contribution >= 0.6 is 0 Å². The summed E-state index contributed by atoms with van der Waals surface area (Å²) in [4.78, 5) is 33.1. The first-order valence-electron chi connectivity index (χ1n) is 8.10. The molecule has 0 aliphatic carbocycles. The van der Waals surface area contributed by atoms with Gasteiger partial charge in [-0.1, -0.05) is 18.2 Å². The Labute approximate surface area is 155 Å². The molecule has 2 heterocycles. The minimum Gasteiger partial charge on any atom is -0.462 e. The van der Waals surface area contributed by atoms with E-state index >= 15 is 0 Å². The fourth-order valence-corrected chi connectivity index (χ4v) is 3.27. The Hall–Kier alpha value is -3.07. The molecule has 0 saturated heterocycles. The SMILES string of the molecule is CCOC(=O)c1c(C)n(-c2ccccc2)c2nc(S(C)(=O)=O)ncc2c1=O. The average Bonchev–Trinajstić information content (AvgIpc) is 2.62. The Bertz CT molecular complexity index is 1200. The molecule has 0 aliphatic heterocycles. The van der Waals surface area contributed by atoms with Gasteiger partial charge in [0.05, 0.1) is 12.0 Å². The number of nitrogens with zero attached hydrogens (tertiary/aromatic N) is 3. The molecule has 0 aliphatic rings. The van der Waals surface area contributed by atoms with Crippen LogP contribution in [0.5, 0.6) is 0 Å². The third kappa shape index (κ3) is 3.33. The number of pyridine rings is 1. The summed E-state index contributed by atoms with van der Waals surface area (Å²) in [6.07, 6.45) is 2.11. The standard InChI is InChI=1S/C18H17N3O5S/c1-4-26-17(23)14-11(2)21(12-8-6-5-7-9-12)16-13(15(14)22)10-19-18(20-16)27(3,24)25/h5-10H,4H2,1-3H3. The van der Waals surface area contributed by atoms with Crippen molar-refractivity contribution in [3.63, 3.8) is 0 Å². The molecular formula is C18H17N3O5S. The first-order chi connectivity index (χ1) is 12.8. The second-order valence-electron chi connectivity index (χ2n) is 5.84. The second-order valence-corrected chi connectivity index (χ2v) is 7.75. The average molecular weight is 387 g/mol. The molecule has 0 bridgehead atoms. The number of hydrogen-bond donors (Lipinski definition) is 0. The lowest BCUT2D eigenvalue weighted by atomic mass is 10.1. The van der Waals surface area contributed by atoms with Crippen LogP contribution in [0.2, 0.25) is 0 Å². The number of rotatable bonds is 4. The van der Waals surface area contributed by atoms with E-state index in [1.165, 1.54) is 0 Å². The first-order valence-corrected chi connectivity index (χ1v) is 9.99. The van der Waals surface area contributed by atoms with Gasteiger partial charge in [0.15, 0.2) is 5.65 Å². The summed E-state index contributed by atoms with van der Waals surface area (Å²) in [5.74, 6) is -0.751. The van der Waals surface area contributed by atoms with E-state index in [-0.39, 0.29) is 23.2 Å². The summed E-state index contributed by atoms with van der Waals surface area (Å²) in [5.41, 5.74) is 0.281. The van der Waals surface area contributed by atoms with Gasteiger partial charge in [-0.25, -0.2) is 18.2 Å². The molecule has 8 nitrogen and oxygen atoms in total. The predicted molar refractivity (Wildman–Crippen MR) is 98.9 cm³/mol. The van der Waals surface area contributed by atoms with Gasteiger partial charge < -0.3 is 4.74 Å². The largest absolute Gasteiger partial charge is 0.462 e. The number of para-hydroxylation sites is 1. The molecule has 0 amide bonds. The minimum absolute atomic E-state index is 0.0277. The highest BCUT2D eigenvalue weighted by atomic mass is 32.2. The number of esters is 1. The molecular weight excluding hydrogens is 370 g/mol. The number of ether oxygens (including phenoxy) is 1. The third-order valence-electron chi connectivity index (χ3n) is 3.95. The van der Waals surface area contributed by atoms with Gasteiger partial charge in [0, 0.05) is 23.8 Å². The van der Waals surface area contributed by atoms with E-state index in [9.17, 15) is 18.0 Å². The van der Waals surface area contributed by atoms with Crippen LogP contribution in [-0.2, 0) is 14.6 Å². The molecule has 140 valence electrons. The Morgan fingerprint density at radius 3 is 2.48 bits per heavy atom. The summed E-state index contributed by atoms with van der Waals surface area (Å²) in [5, 5.41) is -0.373. The minimum atomic E-state index is -3.68. The van der Waals surface area contributed by atoms with Crippen molar-refractivity contribution in [2.75, 3.05) is 12.9 Å². The topological polar surface area (TPSA) is 108 Å². The molecule has 9 heteroatoms. The van der Waals surface area contributed by atoms with Crippen molar-refractivity contribution in [1.82, 2.24) is 14.5 Å². The zero-order valence-corrected chi connectivity index (χ0v) is 15.8. The number of aromatic nitrogens is 3. The summed E-state index contributed by atoms with van der Waals surface area (Å²) in [6, 6.07) is 8.89. The fraction of sp³-hybridized carbons (Fsp3) is 0.222. The number of carbonyl (C=O) groups excluding carboxylic acids is 1. The molecule has 27 heavy (non-hydrogen) atoms. The lowest BCUT2D eigenvalue weighted by Crippen LogP contribution is -2.25. The Kier molecular flexibility index (Phi) is 4.79. The molecule has 0 unspecified atom stereocenters. The fourth-order valence-electron chi connectivity index (χ4n) is 2.77. The molecule has 3 rings (SSSR count). The monoisotopic (exact) mass is 387 g/mol. The quantitative estimate of drug-likeness (QED) is 0.495. The molecule has 0 fully saturated rings. The van der Waals surface area contributed by atoms with Gasteiger partial charge in [0.1, 0.15) is 5.56 Å². The van der Waals surface area contributed by atoms with Crippen molar-refractivity contribution in [2.24, 2.45) is 0 Å². The lowest BCUT2D eigenvalue weighted by molar-refractivity contribution is 0.0523. The van der Waals surface area contributed by atoms with E-state index in [0.29, 0.717) is 11.4 Å². The summed E-state index contributed by atoms with van der Waals surface area (Å²) >= 11 is 0. The van der Waals surface area contributed by atoms with Crippen molar-refractivity contribution in [2.45, 2.75) is 19.0 Å². The number of fused-ring (bicyclic) bond motifs is 1. The van der Waals surface area contributed by atoms with Crippen molar-refractivity contribution >= 4 is 26.8 Å². The van der Waals surface area contributed by atoms with Gasteiger partial charge in [-0.15, -0.1) is 0 Å². The van der Waals surface area contributed by atoms with Gasteiger partial charge in [-0.2, -0.15) is 4.98 Å². The summed E-state index contributed by atoms with van der Waals surface area (Å²) < 4.78 is 30.3.